The van der Waals surface area contributed by atoms with Gasteiger partial charge in [0, 0.05) is 17.5 Å². The maximum absolute atomic E-state index is 12.9. The van der Waals surface area contributed by atoms with E-state index in [-0.39, 0.29) is 24.0 Å². The largest absolute Gasteiger partial charge is 0.438 e. The predicted octanol–water partition coefficient (Wildman–Crippen LogP) is 5.23. The second kappa shape index (κ2) is 7.84. The van der Waals surface area contributed by atoms with E-state index in [0.29, 0.717) is 22.8 Å². The Morgan fingerprint density at radius 1 is 1.09 bits per heavy atom. The smallest absolute Gasteiger partial charge is 0.395 e. The Kier molecular flexibility index (Phi) is 4.85. The van der Waals surface area contributed by atoms with Gasteiger partial charge in [-0.2, -0.15) is 13.2 Å². The molecule has 1 aliphatic rings. The van der Waals surface area contributed by atoms with E-state index in [1.165, 1.54) is 12.4 Å². The summed E-state index contributed by atoms with van der Waals surface area (Å²) in [6.07, 6.45) is 2.86. The van der Waals surface area contributed by atoms with Crippen LogP contribution in [0.2, 0.25) is 0 Å². The van der Waals surface area contributed by atoms with E-state index in [9.17, 15) is 13.2 Å². The molecule has 0 fully saturated rings. The van der Waals surface area contributed by atoms with Gasteiger partial charge in [0.05, 0.1) is 11.3 Å². The highest BCUT2D eigenvalue weighted by Crippen LogP contribution is 2.34. The van der Waals surface area contributed by atoms with Crippen molar-refractivity contribution >= 4 is 17.0 Å². The van der Waals surface area contributed by atoms with Crippen molar-refractivity contribution < 1.29 is 22.3 Å². The third-order valence-corrected chi connectivity index (χ3v) is 4.80. The summed E-state index contributed by atoms with van der Waals surface area (Å²) in [5.74, 6) is -0.378. The minimum atomic E-state index is -4.31. The first-order valence-corrected chi connectivity index (χ1v) is 9.58. The summed E-state index contributed by atoms with van der Waals surface area (Å²) >= 11 is 0. The van der Waals surface area contributed by atoms with Gasteiger partial charge in [-0.25, -0.2) is 9.97 Å². The summed E-state index contributed by atoms with van der Waals surface area (Å²) in [5.41, 5.74) is 1.54. The van der Waals surface area contributed by atoms with Crippen molar-refractivity contribution in [1.82, 2.24) is 25.1 Å². The van der Waals surface area contributed by atoms with Crippen LogP contribution in [0, 0.1) is 5.92 Å². The first-order valence-electron chi connectivity index (χ1n) is 9.58. The molecule has 0 bridgehead atoms. The van der Waals surface area contributed by atoms with Gasteiger partial charge >= 0.3 is 12.2 Å². The van der Waals surface area contributed by atoms with Crippen molar-refractivity contribution in [2.24, 2.45) is 5.92 Å². The molecule has 162 valence electrons. The molecule has 8 nitrogen and oxygen atoms in total. The van der Waals surface area contributed by atoms with Crippen LogP contribution < -0.4 is 10.1 Å². The zero-order chi connectivity index (χ0) is 22.1. The molecule has 0 saturated heterocycles. The molecular formula is C21H15F3N6O2. The van der Waals surface area contributed by atoms with Crippen molar-refractivity contribution in [3.63, 3.8) is 0 Å². The lowest BCUT2D eigenvalue weighted by atomic mass is 9.99. The van der Waals surface area contributed by atoms with Gasteiger partial charge in [0.2, 0.25) is 11.8 Å². The van der Waals surface area contributed by atoms with E-state index in [4.69, 9.17) is 9.15 Å². The molecule has 11 heteroatoms. The first-order chi connectivity index (χ1) is 15.5. The van der Waals surface area contributed by atoms with Gasteiger partial charge in [0.15, 0.2) is 0 Å². The van der Waals surface area contributed by atoms with Crippen LogP contribution >= 0.6 is 0 Å². The van der Waals surface area contributed by atoms with Crippen LogP contribution in [-0.4, -0.2) is 31.3 Å². The van der Waals surface area contributed by atoms with Crippen LogP contribution in [0.25, 0.3) is 22.5 Å². The number of fused-ring (bicyclic) bond motifs is 1. The number of nitrogens with one attached hydrogen (secondary N) is 2. The van der Waals surface area contributed by atoms with Crippen molar-refractivity contribution in [3.8, 4) is 23.1 Å². The summed E-state index contributed by atoms with van der Waals surface area (Å²) in [4.78, 5) is 11.3. The molecule has 3 aromatic heterocycles. The highest BCUT2D eigenvalue weighted by Gasteiger charge is 2.38. The summed E-state index contributed by atoms with van der Waals surface area (Å²) in [5, 5.41) is 11.3. The Labute approximate surface area is 178 Å². The number of benzene rings is 1. The number of nitrogens with zero attached hydrogens (tertiary/aromatic N) is 4. The summed E-state index contributed by atoms with van der Waals surface area (Å²) < 4.78 is 50.2. The van der Waals surface area contributed by atoms with Crippen LogP contribution in [0.15, 0.2) is 71.2 Å². The van der Waals surface area contributed by atoms with Crippen LogP contribution in [0.4, 0.5) is 19.2 Å². The Morgan fingerprint density at radius 3 is 2.75 bits per heavy atom. The highest BCUT2D eigenvalue weighted by atomic mass is 19.4. The summed E-state index contributed by atoms with van der Waals surface area (Å²) in [6.45, 7) is 0. The van der Waals surface area contributed by atoms with Gasteiger partial charge in [0.25, 0.3) is 0 Å². The molecule has 4 aromatic rings. The molecule has 1 aliphatic carbocycles. The third-order valence-electron chi connectivity index (χ3n) is 4.80. The van der Waals surface area contributed by atoms with Crippen LogP contribution in [0.3, 0.4) is 0 Å². The van der Waals surface area contributed by atoms with E-state index in [2.05, 4.69) is 30.5 Å². The molecule has 0 amide bonds. The topological polar surface area (TPSA) is 102 Å². The molecule has 1 atom stereocenters. The van der Waals surface area contributed by atoms with Crippen molar-refractivity contribution in [2.45, 2.75) is 12.6 Å². The maximum atomic E-state index is 12.9. The predicted molar refractivity (Wildman–Crippen MR) is 109 cm³/mol. The number of H-pyrrole nitrogens is 1. The Hall–Kier alpha value is -4.15. The number of ether oxygens (including phenoxy) is 1. The number of aromatic nitrogens is 5. The third kappa shape index (κ3) is 4.04. The van der Waals surface area contributed by atoms with Gasteiger partial charge in [0.1, 0.15) is 17.7 Å². The molecule has 32 heavy (non-hydrogen) atoms. The normalized spacial score (nSPS) is 16.2. The number of rotatable bonds is 5. The van der Waals surface area contributed by atoms with Crippen molar-refractivity contribution in [3.05, 3.63) is 66.8 Å². The molecule has 2 N–H and O–H groups in total. The van der Waals surface area contributed by atoms with Crippen molar-refractivity contribution in [1.29, 1.82) is 0 Å². The number of aromatic amines is 1. The van der Waals surface area contributed by atoms with Crippen LogP contribution in [-0.2, 0) is 0 Å². The highest BCUT2D eigenvalue weighted by molar-refractivity contribution is 5.80. The maximum Gasteiger partial charge on any atom is 0.395 e. The van der Waals surface area contributed by atoms with E-state index in [1.54, 1.807) is 36.5 Å². The van der Waals surface area contributed by atoms with Gasteiger partial charge in [-0.3, -0.25) is 0 Å². The lowest BCUT2D eigenvalue weighted by Crippen LogP contribution is -2.23. The minimum Gasteiger partial charge on any atom is -0.438 e. The number of halogens is 3. The zero-order valence-corrected chi connectivity index (χ0v) is 16.3. The van der Waals surface area contributed by atoms with Gasteiger partial charge in [-0.05, 0) is 48.9 Å². The SMILES string of the molecule is FC(F)(F)C1C=C(Nc2nnc(-c3ccc(Oc4ncnc5[nH]ccc45)cc3)o2)C=CC1. The lowest BCUT2D eigenvalue weighted by molar-refractivity contribution is -0.160. The Bertz CT molecular complexity index is 1310. The zero-order valence-electron chi connectivity index (χ0n) is 16.3. The first kappa shape index (κ1) is 19.8. The fourth-order valence-electron chi connectivity index (χ4n) is 3.21. The fourth-order valence-corrected chi connectivity index (χ4v) is 3.21. The molecular weight excluding hydrogens is 425 g/mol. The van der Waals surface area contributed by atoms with E-state index in [0.717, 1.165) is 11.5 Å². The molecule has 1 aromatic carbocycles. The fraction of sp³-hybridized carbons (Fsp3) is 0.143. The number of hydrogen-bond donors (Lipinski definition) is 2. The van der Waals surface area contributed by atoms with Gasteiger partial charge in [-0.1, -0.05) is 11.2 Å². The summed E-state index contributed by atoms with van der Waals surface area (Å²) in [7, 11) is 0. The lowest BCUT2D eigenvalue weighted by Gasteiger charge is -2.19. The molecule has 0 radical (unpaired) electrons. The van der Waals surface area contributed by atoms with Crippen LogP contribution in [0.5, 0.6) is 11.6 Å². The number of alkyl halides is 3. The second-order valence-electron chi connectivity index (χ2n) is 6.99. The number of anilines is 1. The molecule has 3 heterocycles. The van der Waals surface area contributed by atoms with E-state index >= 15 is 0 Å². The monoisotopic (exact) mass is 440 g/mol. The number of allylic oxidation sites excluding steroid dienone is 3. The molecule has 0 aliphatic heterocycles. The van der Waals surface area contributed by atoms with Crippen LogP contribution in [0.1, 0.15) is 6.42 Å². The average Bonchev–Trinajstić information content (AvgIpc) is 3.44. The van der Waals surface area contributed by atoms with E-state index < -0.39 is 12.1 Å². The minimum absolute atomic E-state index is 0.00473. The molecule has 0 spiro atoms. The quantitative estimate of drug-likeness (QED) is 0.438. The molecule has 5 rings (SSSR count). The van der Waals surface area contributed by atoms with Crippen molar-refractivity contribution in [2.75, 3.05) is 5.32 Å². The Morgan fingerprint density at radius 2 is 1.94 bits per heavy atom. The second-order valence-corrected chi connectivity index (χ2v) is 6.99. The van der Waals surface area contributed by atoms with Gasteiger partial charge in [-0.15, -0.1) is 5.10 Å². The molecule has 1 unspecified atom stereocenters. The Balaban J connectivity index is 1.29. The van der Waals surface area contributed by atoms with E-state index in [1.807, 2.05) is 6.07 Å². The van der Waals surface area contributed by atoms with Gasteiger partial charge < -0.3 is 19.5 Å². The number of hydrogen-bond acceptors (Lipinski definition) is 7. The molecule has 0 saturated carbocycles. The summed E-state index contributed by atoms with van der Waals surface area (Å²) in [6, 6.07) is 8.69. The standard InChI is InChI=1S/C21H15F3N6O2/c22-21(23,24)13-2-1-3-14(10-13)28-20-30-29-18(32-20)12-4-6-15(7-5-12)31-19-16-8-9-25-17(16)26-11-27-19/h1,3-11,13H,2H2,(H,28,30)(H,25,26,27). The average molecular weight is 440 g/mol.